The fourth-order valence-electron chi connectivity index (χ4n) is 3.17. The number of aromatic amines is 1. The minimum absolute atomic E-state index is 0.278. The third-order valence-corrected chi connectivity index (χ3v) is 4.80. The highest BCUT2D eigenvalue weighted by molar-refractivity contribution is 6.35. The van der Waals surface area contributed by atoms with E-state index in [0.717, 1.165) is 37.1 Å². The zero-order chi connectivity index (χ0) is 17.4. The SMILES string of the molecule is Cc1c(C(=O)Nc2nc3c(Cl)cccc3[nH]2)nnn1C1CCNCC1. The van der Waals surface area contributed by atoms with Crippen molar-refractivity contribution in [2.24, 2.45) is 0 Å². The lowest BCUT2D eigenvalue weighted by molar-refractivity contribution is 0.102. The molecule has 0 atom stereocenters. The first-order valence-electron chi connectivity index (χ1n) is 8.21. The molecule has 3 heterocycles. The number of carbonyl (C=O) groups excluding carboxylic acids is 1. The van der Waals surface area contributed by atoms with Gasteiger partial charge >= 0.3 is 0 Å². The second-order valence-electron chi connectivity index (χ2n) is 6.12. The molecule has 1 aliphatic heterocycles. The van der Waals surface area contributed by atoms with Gasteiger partial charge in [0.25, 0.3) is 5.91 Å². The van der Waals surface area contributed by atoms with E-state index in [2.05, 4.69) is 30.9 Å². The van der Waals surface area contributed by atoms with Crippen LogP contribution in [0.3, 0.4) is 0 Å². The van der Waals surface area contributed by atoms with Crippen molar-refractivity contribution in [3.8, 4) is 0 Å². The molecular weight excluding hydrogens is 342 g/mol. The lowest BCUT2D eigenvalue weighted by Crippen LogP contribution is -2.30. The molecule has 0 saturated carbocycles. The summed E-state index contributed by atoms with van der Waals surface area (Å²) in [6, 6.07) is 5.71. The number of hydrogen-bond acceptors (Lipinski definition) is 5. The number of nitrogens with zero attached hydrogens (tertiary/aromatic N) is 4. The molecule has 0 unspecified atom stereocenters. The summed E-state index contributed by atoms with van der Waals surface area (Å²) in [5.74, 6) is -0.00298. The lowest BCUT2D eigenvalue weighted by atomic mass is 10.1. The molecule has 0 aliphatic carbocycles. The maximum absolute atomic E-state index is 12.6. The molecule has 130 valence electrons. The Hall–Kier alpha value is -2.45. The molecule has 3 aromatic rings. The number of piperidine rings is 1. The topological polar surface area (TPSA) is 101 Å². The molecular formula is C16H18ClN7O. The predicted octanol–water partition coefficient (Wildman–Crippen LogP) is 2.29. The molecule has 2 aromatic heterocycles. The number of carbonyl (C=O) groups is 1. The Kier molecular flexibility index (Phi) is 4.14. The monoisotopic (exact) mass is 359 g/mol. The van der Waals surface area contributed by atoms with Gasteiger partial charge in [-0.05, 0) is 45.0 Å². The van der Waals surface area contributed by atoms with Crippen LogP contribution in [0.2, 0.25) is 5.02 Å². The molecule has 1 amide bonds. The first kappa shape index (κ1) is 16.0. The standard InChI is InChI=1S/C16H18ClN7O/c1-9-13(22-23-24(9)10-5-7-18-8-6-10)15(25)21-16-19-12-4-2-3-11(17)14(12)20-16/h2-4,10,18H,5-8H2,1H3,(H2,19,20,21,25). The summed E-state index contributed by atoms with van der Waals surface area (Å²) in [6.45, 7) is 3.77. The van der Waals surface area contributed by atoms with Crippen LogP contribution in [0.5, 0.6) is 0 Å². The van der Waals surface area contributed by atoms with Gasteiger partial charge in [-0.15, -0.1) is 5.10 Å². The highest BCUT2D eigenvalue weighted by Gasteiger charge is 2.23. The molecule has 0 spiro atoms. The van der Waals surface area contributed by atoms with Crippen molar-refractivity contribution in [3.63, 3.8) is 0 Å². The maximum atomic E-state index is 12.6. The third-order valence-electron chi connectivity index (χ3n) is 4.49. The molecule has 3 N–H and O–H groups in total. The van der Waals surface area contributed by atoms with E-state index in [4.69, 9.17) is 11.6 Å². The Balaban J connectivity index is 1.56. The molecule has 1 saturated heterocycles. The first-order chi connectivity index (χ1) is 12.1. The average molecular weight is 360 g/mol. The van der Waals surface area contributed by atoms with Gasteiger partial charge in [-0.2, -0.15) is 0 Å². The number of benzene rings is 1. The summed E-state index contributed by atoms with van der Waals surface area (Å²) in [5.41, 5.74) is 2.45. The van der Waals surface area contributed by atoms with Crippen molar-refractivity contribution in [2.75, 3.05) is 18.4 Å². The minimum Gasteiger partial charge on any atom is -0.324 e. The van der Waals surface area contributed by atoms with Crippen LogP contribution in [0.25, 0.3) is 11.0 Å². The van der Waals surface area contributed by atoms with Crippen LogP contribution in [0.15, 0.2) is 18.2 Å². The number of aromatic nitrogens is 5. The van der Waals surface area contributed by atoms with Gasteiger partial charge in [-0.1, -0.05) is 22.9 Å². The number of imidazole rings is 1. The van der Waals surface area contributed by atoms with Gasteiger partial charge in [-0.25, -0.2) is 9.67 Å². The molecule has 1 aromatic carbocycles. The van der Waals surface area contributed by atoms with Crippen LogP contribution < -0.4 is 10.6 Å². The van der Waals surface area contributed by atoms with Gasteiger partial charge in [-0.3, -0.25) is 10.1 Å². The summed E-state index contributed by atoms with van der Waals surface area (Å²) >= 11 is 6.11. The van der Waals surface area contributed by atoms with Gasteiger partial charge in [0.05, 0.1) is 22.3 Å². The molecule has 9 heteroatoms. The van der Waals surface area contributed by atoms with Crippen molar-refractivity contribution in [1.82, 2.24) is 30.3 Å². The van der Waals surface area contributed by atoms with E-state index < -0.39 is 0 Å². The van der Waals surface area contributed by atoms with E-state index in [1.165, 1.54) is 0 Å². The molecule has 25 heavy (non-hydrogen) atoms. The average Bonchev–Trinajstić information content (AvgIpc) is 3.20. The lowest BCUT2D eigenvalue weighted by Gasteiger charge is -2.23. The maximum Gasteiger partial charge on any atom is 0.280 e. The Labute approximate surface area is 149 Å². The number of nitrogens with one attached hydrogen (secondary N) is 3. The number of anilines is 1. The van der Waals surface area contributed by atoms with Crippen LogP contribution in [0, 0.1) is 6.92 Å². The number of para-hydroxylation sites is 1. The number of amides is 1. The van der Waals surface area contributed by atoms with E-state index in [0.29, 0.717) is 22.2 Å². The molecule has 8 nitrogen and oxygen atoms in total. The van der Waals surface area contributed by atoms with Gasteiger partial charge in [0.1, 0.15) is 5.52 Å². The largest absolute Gasteiger partial charge is 0.324 e. The Morgan fingerprint density at radius 1 is 1.36 bits per heavy atom. The number of H-pyrrole nitrogens is 1. The van der Waals surface area contributed by atoms with Crippen LogP contribution in [-0.2, 0) is 0 Å². The molecule has 1 aliphatic rings. The van der Waals surface area contributed by atoms with Crippen LogP contribution >= 0.6 is 11.6 Å². The number of halogens is 1. The first-order valence-corrected chi connectivity index (χ1v) is 8.59. The minimum atomic E-state index is -0.340. The summed E-state index contributed by atoms with van der Waals surface area (Å²) in [4.78, 5) is 19.9. The van der Waals surface area contributed by atoms with Crippen molar-refractivity contribution in [1.29, 1.82) is 0 Å². The molecule has 4 rings (SSSR count). The van der Waals surface area contributed by atoms with Crippen molar-refractivity contribution >= 4 is 34.5 Å². The highest BCUT2D eigenvalue weighted by atomic mass is 35.5. The summed E-state index contributed by atoms with van der Waals surface area (Å²) < 4.78 is 1.85. The number of rotatable bonds is 3. The van der Waals surface area contributed by atoms with Gasteiger partial charge in [0, 0.05) is 0 Å². The van der Waals surface area contributed by atoms with E-state index in [9.17, 15) is 4.79 Å². The molecule has 0 bridgehead atoms. The van der Waals surface area contributed by atoms with Gasteiger partial charge in [0.15, 0.2) is 5.69 Å². The van der Waals surface area contributed by atoms with E-state index in [1.54, 1.807) is 6.07 Å². The second kappa shape index (κ2) is 6.45. The summed E-state index contributed by atoms with van der Waals surface area (Å²) in [6.07, 6.45) is 1.96. The van der Waals surface area contributed by atoms with Crippen LogP contribution in [0.4, 0.5) is 5.95 Å². The van der Waals surface area contributed by atoms with Gasteiger partial charge in [0.2, 0.25) is 5.95 Å². The molecule has 0 radical (unpaired) electrons. The summed E-state index contributed by atoms with van der Waals surface area (Å²) in [7, 11) is 0. The quantitative estimate of drug-likeness (QED) is 0.666. The smallest absolute Gasteiger partial charge is 0.280 e. The predicted molar refractivity (Wildman–Crippen MR) is 95.0 cm³/mol. The number of hydrogen-bond donors (Lipinski definition) is 3. The van der Waals surface area contributed by atoms with E-state index in [-0.39, 0.29) is 11.9 Å². The zero-order valence-corrected chi connectivity index (χ0v) is 14.5. The van der Waals surface area contributed by atoms with Crippen molar-refractivity contribution < 1.29 is 4.79 Å². The van der Waals surface area contributed by atoms with Gasteiger partial charge < -0.3 is 10.3 Å². The molecule has 1 fully saturated rings. The van der Waals surface area contributed by atoms with Crippen LogP contribution in [-0.4, -0.2) is 44.0 Å². The fourth-order valence-corrected chi connectivity index (χ4v) is 3.39. The second-order valence-corrected chi connectivity index (χ2v) is 6.53. The number of fused-ring (bicyclic) bond motifs is 1. The van der Waals surface area contributed by atoms with Crippen molar-refractivity contribution in [2.45, 2.75) is 25.8 Å². The van der Waals surface area contributed by atoms with E-state index >= 15 is 0 Å². The third kappa shape index (κ3) is 2.98. The van der Waals surface area contributed by atoms with E-state index in [1.807, 2.05) is 23.7 Å². The zero-order valence-electron chi connectivity index (χ0n) is 13.7. The van der Waals surface area contributed by atoms with Crippen molar-refractivity contribution in [3.05, 3.63) is 34.6 Å². The Bertz CT molecular complexity index is 926. The Morgan fingerprint density at radius 3 is 2.92 bits per heavy atom. The normalized spacial score (nSPS) is 15.6. The Morgan fingerprint density at radius 2 is 2.16 bits per heavy atom. The fraction of sp³-hybridized carbons (Fsp3) is 0.375. The summed E-state index contributed by atoms with van der Waals surface area (Å²) in [5, 5.41) is 14.8. The highest BCUT2D eigenvalue weighted by Crippen LogP contribution is 2.23. The van der Waals surface area contributed by atoms with Crippen LogP contribution in [0.1, 0.15) is 35.1 Å².